The monoisotopic (exact) mass is 391 g/mol. The van der Waals surface area contributed by atoms with Crippen LogP contribution in [-0.2, 0) is 16.4 Å². The van der Waals surface area contributed by atoms with Gasteiger partial charge in [-0.3, -0.25) is 10.1 Å². The molecule has 3 aromatic rings. The third-order valence-corrected chi connectivity index (χ3v) is 6.02. The molecular formula is C18H18FN3O4S. The Bertz CT molecular complexity index is 1140. The number of nitrogens with zero attached hydrogens (tertiary/aromatic N) is 1. The number of aryl methyl sites for hydroxylation is 2. The number of non-ortho nitro benzene ring substituents is 1. The molecule has 1 heterocycles. The summed E-state index contributed by atoms with van der Waals surface area (Å²) in [5.41, 5.74) is 2.56. The van der Waals surface area contributed by atoms with E-state index < -0.39 is 14.9 Å². The van der Waals surface area contributed by atoms with Crippen molar-refractivity contribution in [1.29, 1.82) is 0 Å². The predicted octanol–water partition coefficient (Wildman–Crippen LogP) is 3.35. The average molecular weight is 391 g/mol. The largest absolute Gasteiger partial charge is 0.358 e. The van der Waals surface area contributed by atoms with E-state index in [1.165, 1.54) is 24.3 Å². The number of hydrogen-bond acceptors (Lipinski definition) is 4. The second-order valence-electron chi connectivity index (χ2n) is 6.27. The SMILES string of the molecule is Cc1ccc([N+](=O)[O-])cc1S(=O)(=O)NCCc1c(C)[nH]c2ccc(F)cc12. The molecule has 2 aromatic carbocycles. The molecule has 0 aliphatic rings. The van der Waals surface area contributed by atoms with Crippen molar-refractivity contribution >= 4 is 26.6 Å². The number of sulfonamides is 1. The second kappa shape index (κ2) is 7.09. The third kappa shape index (κ3) is 3.83. The van der Waals surface area contributed by atoms with Crippen molar-refractivity contribution < 1.29 is 17.7 Å². The average Bonchev–Trinajstić information content (AvgIpc) is 2.90. The molecule has 2 N–H and O–H groups in total. The Morgan fingerprint density at radius 2 is 1.93 bits per heavy atom. The highest BCUT2D eigenvalue weighted by atomic mass is 32.2. The number of halogens is 1. The molecule has 0 saturated carbocycles. The maximum Gasteiger partial charge on any atom is 0.270 e. The Hall–Kier alpha value is -2.78. The van der Waals surface area contributed by atoms with Crippen molar-refractivity contribution in [3.63, 3.8) is 0 Å². The Kier molecular flexibility index (Phi) is 4.99. The molecule has 3 rings (SSSR count). The van der Waals surface area contributed by atoms with Gasteiger partial charge in [-0.25, -0.2) is 17.5 Å². The van der Waals surface area contributed by atoms with Crippen molar-refractivity contribution in [3.8, 4) is 0 Å². The quantitative estimate of drug-likeness (QED) is 0.496. The van der Waals surface area contributed by atoms with Crippen LogP contribution in [0.15, 0.2) is 41.3 Å². The highest BCUT2D eigenvalue weighted by Gasteiger charge is 2.20. The molecule has 0 atom stereocenters. The minimum atomic E-state index is -3.91. The van der Waals surface area contributed by atoms with Crippen LogP contribution in [0.2, 0.25) is 0 Å². The smallest absolute Gasteiger partial charge is 0.270 e. The Balaban J connectivity index is 1.81. The topological polar surface area (TPSA) is 105 Å². The number of aromatic amines is 1. The van der Waals surface area contributed by atoms with Crippen LogP contribution < -0.4 is 4.72 Å². The van der Waals surface area contributed by atoms with Gasteiger partial charge in [-0.15, -0.1) is 0 Å². The molecule has 0 amide bonds. The van der Waals surface area contributed by atoms with Crippen molar-refractivity contribution in [1.82, 2.24) is 9.71 Å². The number of H-pyrrole nitrogens is 1. The van der Waals surface area contributed by atoms with E-state index in [1.807, 2.05) is 6.92 Å². The van der Waals surface area contributed by atoms with Crippen LogP contribution >= 0.6 is 0 Å². The maximum absolute atomic E-state index is 13.5. The van der Waals surface area contributed by atoms with Crippen LogP contribution in [-0.4, -0.2) is 24.9 Å². The van der Waals surface area contributed by atoms with Gasteiger partial charge in [0, 0.05) is 35.3 Å². The Morgan fingerprint density at radius 1 is 1.19 bits per heavy atom. The fraction of sp³-hybridized carbons (Fsp3) is 0.222. The Labute approximate surface area is 155 Å². The first kappa shape index (κ1) is 19.0. The lowest BCUT2D eigenvalue weighted by Crippen LogP contribution is -2.26. The van der Waals surface area contributed by atoms with Crippen LogP contribution in [0.3, 0.4) is 0 Å². The van der Waals surface area contributed by atoms with Crippen molar-refractivity contribution in [2.45, 2.75) is 25.2 Å². The summed E-state index contributed by atoms with van der Waals surface area (Å²) in [5, 5.41) is 11.6. The summed E-state index contributed by atoms with van der Waals surface area (Å²) in [6, 6.07) is 8.11. The molecule has 0 aliphatic carbocycles. The Morgan fingerprint density at radius 3 is 2.63 bits per heavy atom. The summed E-state index contributed by atoms with van der Waals surface area (Å²) in [7, 11) is -3.91. The van der Waals surface area contributed by atoms with Crippen molar-refractivity contribution in [3.05, 3.63) is 69.2 Å². The normalized spacial score (nSPS) is 11.8. The minimum Gasteiger partial charge on any atom is -0.358 e. The first-order valence-electron chi connectivity index (χ1n) is 8.20. The van der Waals surface area contributed by atoms with Crippen molar-refractivity contribution in [2.24, 2.45) is 0 Å². The van der Waals surface area contributed by atoms with E-state index in [0.717, 1.165) is 22.8 Å². The maximum atomic E-state index is 13.5. The van der Waals surface area contributed by atoms with E-state index in [0.29, 0.717) is 17.4 Å². The molecular weight excluding hydrogens is 373 g/mol. The number of hydrogen-bond donors (Lipinski definition) is 2. The van der Waals surface area contributed by atoms with Gasteiger partial charge < -0.3 is 4.98 Å². The lowest BCUT2D eigenvalue weighted by molar-refractivity contribution is -0.385. The molecule has 0 saturated heterocycles. The highest BCUT2D eigenvalue weighted by molar-refractivity contribution is 7.89. The van der Waals surface area contributed by atoms with Crippen LogP contribution in [0.4, 0.5) is 10.1 Å². The zero-order chi connectivity index (χ0) is 19.8. The summed E-state index contributed by atoms with van der Waals surface area (Å²) in [4.78, 5) is 13.3. The molecule has 142 valence electrons. The summed E-state index contributed by atoms with van der Waals surface area (Å²) in [5.74, 6) is -0.365. The van der Waals surface area contributed by atoms with E-state index in [4.69, 9.17) is 0 Å². The summed E-state index contributed by atoms with van der Waals surface area (Å²) in [6.45, 7) is 3.49. The first-order chi connectivity index (χ1) is 12.7. The third-order valence-electron chi connectivity index (χ3n) is 4.42. The number of aromatic nitrogens is 1. The van der Waals surface area contributed by atoms with Crippen LogP contribution in [0.1, 0.15) is 16.8 Å². The van der Waals surface area contributed by atoms with E-state index in [1.54, 1.807) is 13.0 Å². The summed E-state index contributed by atoms with van der Waals surface area (Å²) < 4.78 is 41.1. The fourth-order valence-electron chi connectivity index (χ4n) is 3.06. The van der Waals surface area contributed by atoms with Gasteiger partial charge in [0.25, 0.3) is 5.69 Å². The summed E-state index contributed by atoms with van der Waals surface area (Å²) in [6.07, 6.45) is 0.350. The molecule has 0 radical (unpaired) electrons. The number of fused-ring (bicyclic) bond motifs is 1. The molecule has 0 fully saturated rings. The van der Waals surface area contributed by atoms with Gasteiger partial charge in [0.05, 0.1) is 9.82 Å². The lowest BCUT2D eigenvalue weighted by atomic mass is 10.1. The molecule has 9 heteroatoms. The molecule has 0 aliphatic heterocycles. The molecule has 0 spiro atoms. The van der Waals surface area contributed by atoms with Gasteiger partial charge in [-0.05, 0) is 49.6 Å². The molecule has 1 aromatic heterocycles. The van der Waals surface area contributed by atoms with Crippen molar-refractivity contribution in [2.75, 3.05) is 6.54 Å². The van der Waals surface area contributed by atoms with E-state index in [-0.39, 0.29) is 22.9 Å². The molecule has 7 nitrogen and oxygen atoms in total. The number of rotatable bonds is 6. The number of nitro benzene ring substituents is 1. The fourth-order valence-corrected chi connectivity index (χ4v) is 4.35. The molecule has 0 unspecified atom stereocenters. The van der Waals surface area contributed by atoms with Crippen LogP contribution in [0.5, 0.6) is 0 Å². The standard InChI is InChI=1S/C18H18FN3O4S/c1-11-3-5-14(22(23)24)10-18(11)27(25,26)20-8-7-15-12(2)21-17-6-4-13(19)9-16(15)17/h3-6,9-10,20-21H,7-8H2,1-2H3. The highest BCUT2D eigenvalue weighted by Crippen LogP contribution is 2.24. The second-order valence-corrected chi connectivity index (χ2v) is 8.01. The number of benzene rings is 2. The van der Waals surface area contributed by atoms with E-state index in [9.17, 15) is 22.9 Å². The van der Waals surface area contributed by atoms with Gasteiger partial charge in [0.2, 0.25) is 10.0 Å². The first-order valence-corrected chi connectivity index (χ1v) is 9.69. The molecule has 0 bridgehead atoms. The van der Waals surface area contributed by atoms with E-state index in [2.05, 4.69) is 9.71 Å². The summed E-state index contributed by atoms with van der Waals surface area (Å²) >= 11 is 0. The van der Waals surface area contributed by atoms with Gasteiger partial charge in [-0.2, -0.15) is 0 Å². The zero-order valence-corrected chi connectivity index (χ0v) is 15.6. The van der Waals surface area contributed by atoms with Crippen LogP contribution in [0, 0.1) is 29.8 Å². The predicted molar refractivity (Wildman–Crippen MR) is 99.7 cm³/mol. The van der Waals surface area contributed by atoms with Gasteiger partial charge >= 0.3 is 0 Å². The van der Waals surface area contributed by atoms with Crippen LogP contribution in [0.25, 0.3) is 10.9 Å². The van der Waals surface area contributed by atoms with Gasteiger partial charge in [0.15, 0.2) is 0 Å². The molecule has 27 heavy (non-hydrogen) atoms. The van der Waals surface area contributed by atoms with Gasteiger partial charge in [0.1, 0.15) is 5.82 Å². The van der Waals surface area contributed by atoms with E-state index >= 15 is 0 Å². The minimum absolute atomic E-state index is 0.0781. The number of nitro groups is 1. The number of nitrogens with one attached hydrogen (secondary N) is 2. The lowest BCUT2D eigenvalue weighted by Gasteiger charge is -2.09. The zero-order valence-electron chi connectivity index (χ0n) is 14.7. The van der Waals surface area contributed by atoms with Gasteiger partial charge in [-0.1, -0.05) is 6.07 Å².